The maximum atomic E-state index is 5.89. The van der Waals surface area contributed by atoms with Gasteiger partial charge in [0.15, 0.2) is 0 Å². The van der Waals surface area contributed by atoms with E-state index in [1.807, 2.05) is 6.07 Å². The largest absolute Gasteiger partial charge is 0.493 e. The zero-order chi connectivity index (χ0) is 9.42. The van der Waals surface area contributed by atoms with E-state index >= 15 is 0 Å². The molecule has 1 aromatic carbocycles. The topological polar surface area (TPSA) is 35.2 Å². The van der Waals surface area contributed by atoms with Crippen LogP contribution in [0.25, 0.3) is 0 Å². The van der Waals surface area contributed by atoms with E-state index in [1.54, 1.807) is 0 Å². The lowest BCUT2D eigenvalue weighted by Gasteiger charge is -2.22. The van der Waals surface area contributed by atoms with Crippen molar-refractivity contribution in [2.45, 2.75) is 26.7 Å². The molecule has 0 atom stereocenters. The van der Waals surface area contributed by atoms with Crippen LogP contribution >= 0.6 is 0 Å². The number of anilines is 1. The van der Waals surface area contributed by atoms with Crippen molar-refractivity contribution >= 4 is 5.69 Å². The van der Waals surface area contributed by atoms with E-state index in [1.165, 1.54) is 11.1 Å². The van der Waals surface area contributed by atoms with Crippen molar-refractivity contribution in [2.75, 3.05) is 12.3 Å². The van der Waals surface area contributed by atoms with Crippen molar-refractivity contribution in [3.05, 3.63) is 22.8 Å². The summed E-state index contributed by atoms with van der Waals surface area (Å²) >= 11 is 0. The van der Waals surface area contributed by atoms with Crippen LogP contribution in [0.15, 0.2) is 6.07 Å². The Morgan fingerprint density at radius 1 is 1.38 bits per heavy atom. The van der Waals surface area contributed by atoms with Gasteiger partial charge in [-0.3, -0.25) is 0 Å². The summed E-state index contributed by atoms with van der Waals surface area (Å²) in [6.07, 6.45) is 2.21. The van der Waals surface area contributed by atoms with Gasteiger partial charge in [0.25, 0.3) is 0 Å². The normalized spacial score (nSPS) is 14.9. The molecule has 70 valence electrons. The number of nitrogens with two attached hydrogens (primary N) is 1. The predicted octanol–water partition coefficient (Wildman–Crippen LogP) is 2.21. The number of nitrogen functional groups attached to an aromatic ring is 1. The summed E-state index contributed by atoms with van der Waals surface area (Å²) in [4.78, 5) is 0. The highest BCUT2D eigenvalue weighted by molar-refractivity contribution is 5.59. The molecule has 2 nitrogen and oxygen atoms in total. The zero-order valence-corrected chi connectivity index (χ0v) is 8.18. The maximum absolute atomic E-state index is 5.89. The van der Waals surface area contributed by atoms with Gasteiger partial charge in [0, 0.05) is 5.69 Å². The average molecular weight is 177 g/mol. The van der Waals surface area contributed by atoms with Gasteiger partial charge in [0.2, 0.25) is 0 Å². The number of aryl methyl sites for hydroxylation is 1. The molecule has 1 aliphatic heterocycles. The van der Waals surface area contributed by atoms with Gasteiger partial charge in [0.1, 0.15) is 5.75 Å². The lowest BCUT2D eigenvalue weighted by molar-refractivity contribution is 0.286. The summed E-state index contributed by atoms with van der Waals surface area (Å²) in [5.41, 5.74) is 10.4. The molecule has 0 saturated heterocycles. The van der Waals surface area contributed by atoms with Crippen molar-refractivity contribution in [2.24, 2.45) is 0 Å². The molecule has 1 aromatic rings. The first-order valence-corrected chi connectivity index (χ1v) is 4.71. The molecule has 1 aliphatic rings. The van der Waals surface area contributed by atoms with E-state index in [2.05, 4.69) is 13.8 Å². The zero-order valence-electron chi connectivity index (χ0n) is 8.18. The minimum Gasteiger partial charge on any atom is -0.493 e. The van der Waals surface area contributed by atoms with Gasteiger partial charge in [-0.05, 0) is 49.4 Å². The second-order valence-corrected chi connectivity index (χ2v) is 3.67. The molecule has 1 heterocycles. The first-order valence-electron chi connectivity index (χ1n) is 4.71. The highest BCUT2D eigenvalue weighted by Crippen LogP contribution is 2.34. The third-order valence-corrected chi connectivity index (χ3v) is 2.71. The van der Waals surface area contributed by atoms with Crippen LogP contribution in [0.2, 0.25) is 0 Å². The van der Waals surface area contributed by atoms with Crippen LogP contribution in [0.5, 0.6) is 5.75 Å². The molecule has 2 rings (SSSR count). The molecule has 0 aromatic heterocycles. The van der Waals surface area contributed by atoms with E-state index in [0.717, 1.165) is 36.4 Å². The third-order valence-electron chi connectivity index (χ3n) is 2.71. The quantitative estimate of drug-likeness (QED) is 0.617. The van der Waals surface area contributed by atoms with Crippen molar-refractivity contribution in [3.63, 3.8) is 0 Å². The Hall–Kier alpha value is -1.18. The van der Waals surface area contributed by atoms with Gasteiger partial charge in [-0.15, -0.1) is 0 Å². The van der Waals surface area contributed by atoms with Gasteiger partial charge < -0.3 is 10.5 Å². The number of hydrogen-bond donors (Lipinski definition) is 1. The van der Waals surface area contributed by atoms with E-state index in [9.17, 15) is 0 Å². The van der Waals surface area contributed by atoms with E-state index in [0.29, 0.717) is 0 Å². The van der Waals surface area contributed by atoms with E-state index < -0.39 is 0 Å². The molecular formula is C11H15NO. The molecule has 13 heavy (non-hydrogen) atoms. The van der Waals surface area contributed by atoms with Crippen LogP contribution in [-0.2, 0) is 6.42 Å². The minimum absolute atomic E-state index is 0.844. The maximum Gasteiger partial charge on any atom is 0.125 e. The number of rotatable bonds is 0. The molecule has 0 radical (unpaired) electrons. The van der Waals surface area contributed by atoms with Crippen molar-refractivity contribution in [3.8, 4) is 5.75 Å². The third kappa shape index (κ3) is 1.26. The number of benzene rings is 1. The van der Waals surface area contributed by atoms with Gasteiger partial charge in [-0.1, -0.05) is 0 Å². The minimum atomic E-state index is 0.844. The van der Waals surface area contributed by atoms with Crippen LogP contribution in [-0.4, -0.2) is 6.61 Å². The van der Waals surface area contributed by atoms with Crippen LogP contribution in [0.3, 0.4) is 0 Å². The van der Waals surface area contributed by atoms with Crippen LogP contribution in [0.4, 0.5) is 5.69 Å². The molecule has 0 unspecified atom stereocenters. The smallest absolute Gasteiger partial charge is 0.125 e. The summed E-state index contributed by atoms with van der Waals surface area (Å²) < 4.78 is 5.63. The van der Waals surface area contributed by atoms with Crippen LogP contribution in [0, 0.1) is 13.8 Å². The molecule has 2 heteroatoms. The fourth-order valence-electron chi connectivity index (χ4n) is 1.91. The van der Waals surface area contributed by atoms with Crippen molar-refractivity contribution in [1.29, 1.82) is 0 Å². The highest BCUT2D eigenvalue weighted by atomic mass is 16.5. The second-order valence-electron chi connectivity index (χ2n) is 3.67. The lowest BCUT2D eigenvalue weighted by atomic mass is 9.96. The fraction of sp³-hybridized carbons (Fsp3) is 0.455. The summed E-state index contributed by atoms with van der Waals surface area (Å²) in [6.45, 7) is 4.97. The molecular weight excluding hydrogens is 162 g/mol. The fourth-order valence-corrected chi connectivity index (χ4v) is 1.91. The SMILES string of the molecule is Cc1cc(N)c(C)c2c1OCCC2. The Morgan fingerprint density at radius 2 is 2.15 bits per heavy atom. The van der Waals surface area contributed by atoms with Crippen LogP contribution < -0.4 is 10.5 Å². The summed E-state index contributed by atoms with van der Waals surface area (Å²) in [5.74, 6) is 1.07. The first kappa shape index (κ1) is 8.42. The van der Waals surface area contributed by atoms with Gasteiger partial charge in [-0.25, -0.2) is 0 Å². The number of ether oxygens (including phenoxy) is 1. The van der Waals surface area contributed by atoms with Gasteiger partial charge >= 0.3 is 0 Å². The Labute approximate surface area is 78.7 Å². The average Bonchev–Trinajstić information content (AvgIpc) is 2.15. The van der Waals surface area contributed by atoms with Crippen molar-refractivity contribution in [1.82, 2.24) is 0 Å². The molecule has 0 bridgehead atoms. The summed E-state index contributed by atoms with van der Waals surface area (Å²) in [5, 5.41) is 0. The van der Waals surface area contributed by atoms with E-state index in [4.69, 9.17) is 10.5 Å². The standard InChI is InChI=1S/C11H15NO/c1-7-6-10(12)8(2)9-4-3-5-13-11(7)9/h6H,3-5,12H2,1-2H3. The Balaban J connectivity index is 2.63. The monoisotopic (exact) mass is 177 g/mol. The number of hydrogen-bond acceptors (Lipinski definition) is 2. The second kappa shape index (κ2) is 2.95. The molecule has 0 fully saturated rings. The molecule has 0 spiro atoms. The summed E-state index contributed by atoms with van der Waals surface area (Å²) in [7, 11) is 0. The lowest BCUT2D eigenvalue weighted by Crippen LogP contribution is -2.12. The van der Waals surface area contributed by atoms with Gasteiger partial charge in [0.05, 0.1) is 6.61 Å². The van der Waals surface area contributed by atoms with Gasteiger partial charge in [-0.2, -0.15) is 0 Å². The van der Waals surface area contributed by atoms with Crippen molar-refractivity contribution < 1.29 is 4.74 Å². The molecule has 0 amide bonds. The summed E-state index contributed by atoms with van der Waals surface area (Å²) in [6, 6.07) is 2.00. The Kier molecular flexibility index (Phi) is 1.91. The van der Waals surface area contributed by atoms with E-state index in [-0.39, 0.29) is 0 Å². The first-order chi connectivity index (χ1) is 6.20. The Morgan fingerprint density at radius 3 is 2.92 bits per heavy atom. The number of fused-ring (bicyclic) bond motifs is 1. The molecule has 0 aliphatic carbocycles. The Bertz CT molecular complexity index is 344. The molecule has 0 saturated carbocycles. The molecule has 2 N–H and O–H groups in total. The van der Waals surface area contributed by atoms with Crippen LogP contribution in [0.1, 0.15) is 23.1 Å². The highest BCUT2D eigenvalue weighted by Gasteiger charge is 2.16. The predicted molar refractivity (Wildman–Crippen MR) is 54.1 cm³/mol.